The maximum Gasteiger partial charge on any atom is 0.414 e. The van der Waals surface area contributed by atoms with Crippen molar-refractivity contribution >= 4 is 23.4 Å². The molecule has 1 aliphatic carbocycles. The highest BCUT2D eigenvalue weighted by molar-refractivity contribution is 5.97. The highest BCUT2D eigenvalue weighted by atomic mass is 16.6. The van der Waals surface area contributed by atoms with Gasteiger partial charge in [-0.1, -0.05) is 53.6 Å². The molecule has 0 saturated heterocycles. The predicted octanol–water partition coefficient (Wildman–Crippen LogP) is 7.28. The largest absolute Gasteiger partial charge is 0.456 e. The lowest BCUT2D eigenvalue weighted by atomic mass is 9.98. The molecule has 0 aromatic heterocycles. The second kappa shape index (κ2) is 9.76. The Morgan fingerprint density at radius 2 is 1.61 bits per heavy atom. The van der Waals surface area contributed by atoms with Crippen molar-refractivity contribution in [3.8, 4) is 11.1 Å². The molecule has 0 unspecified atom stereocenters. The molecule has 1 aliphatic rings. The summed E-state index contributed by atoms with van der Waals surface area (Å²) in [6, 6.07) is 19.2. The van der Waals surface area contributed by atoms with Crippen LogP contribution in [-0.2, 0) is 9.47 Å². The average Bonchev–Trinajstić information content (AvgIpc) is 3.16. The number of anilines is 1. The van der Waals surface area contributed by atoms with Gasteiger partial charge in [0.1, 0.15) is 12.2 Å². The summed E-state index contributed by atoms with van der Waals surface area (Å²) in [5.41, 5.74) is 14.0. The first-order chi connectivity index (χ1) is 17.1. The molecular formula is C28H28N4O4. The van der Waals surface area contributed by atoms with E-state index in [9.17, 15) is 9.59 Å². The Balaban J connectivity index is 1.60. The normalized spacial score (nSPS) is 12.2. The summed E-state index contributed by atoms with van der Waals surface area (Å²) in [6.07, 6.45) is -0.590. The third-order valence-corrected chi connectivity index (χ3v) is 6.12. The van der Waals surface area contributed by atoms with Crippen LogP contribution < -0.4 is 4.90 Å². The second-order valence-corrected chi connectivity index (χ2v) is 9.69. The fraction of sp³-hybridized carbons (Fsp3) is 0.286. The molecule has 1 amide bonds. The Labute approximate surface area is 210 Å². The third kappa shape index (κ3) is 4.90. The molecule has 0 bridgehead atoms. The van der Waals surface area contributed by atoms with Crippen LogP contribution in [0.4, 0.5) is 16.2 Å². The van der Waals surface area contributed by atoms with Crippen LogP contribution in [-0.4, -0.2) is 31.3 Å². The molecule has 0 saturated carbocycles. The summed E-state index contributed by atoms with van der Waals surface area (Å²) in [7, 11) is 1.56. The van der Waals surface area contributed by atoms with Gasteiger partial charge < -0.3 is 9.47 Å². The van der Waals surface area contributed by atoms with Gasteiger partial charge >= 0.3 is 12.1 Å². The number of carbonyl (C=O) groups is 2. The predicted molar refractivity (Wildman–Crippen MR) is 139 cm³/mol. The molecule has 0 heterocycles. The SMILES string of the molecule is Cc1c(C(=O)OC(C)(C)C)cc(N=[N+]=[N-])cc1N(C)C(=O)OCC1c2ccccc2-c2ccccc21. The minimum absolute atomic E-state index is 0.0808. The number of hydrogen-bond donors (Lipinski definition) is 0. The van der Waals surface area contributed by atoms with Gasteiger partial charge in [-0.25, -0.2) is 9.59 Å². The van der Waals surface area contributed by atoms with Crippen molar-refractivity contribution < 1.29 is 19.1 Å². The number of ether oxygens (including phenoxy) is 2. The molecule has 3 aromatic carbocycles. The lowest BCUT2D eigenvalue weighted by Crippen LogP contribution is -2.30. The molecule has 8 heteroatoms. The number of rotatable bonds is 5. The number of benzene rings is 3. The summed E-state index contributed by atoms with van der Waals surface area (Å²) in [5.74, 6) is -0.653. The topological polar surface area (TPSA) is 105 Å². The van der Waals surface area contributed by atoms with Crippen molar-refractivity contribution in [2.24, 2.45) is 5.11 Å². The quantitative estimate of drug-likeness (QED) is 0.164. The summed E-state index contributed by atoms with van der Waals surface area (Å²) in [6.45, 7) is 7.16. The van der Waals surface area contributed by atoms with Crippen molar-refractivity contribution in [2.75, 3.05) is 18.6 Å². The van der Waals surface area contributed by atoms with Gasteiger partial charge in [-0.05, 0) is 73.2 Å². The van der Waals surface area contributed by atoms with Gasteiger partial charge in [0.25, 0.3) is 0 Å². The Kier molecular flexibility index (Phi) is 6.73. The van der Waals surface area contributed by atoms with E-state index in [1.807, 2.05) is 24.3 Å². The van der Waals surface area contributed by atoms with Crippen LogP contribution in [0.5, 0.6) is 0 Å². The van der Waals surface area contributed by atoms with Crippen molar-refractivity contribution in [3.63, 3.8) is 0 Å². The van der Waals surface area contributed by atoms with Crippen LogP contribution >= 0.6 is 0 Å². The number of esters is 1. The Hall–Kier alpha value is -4.29. The fourth-order valence-electron chi connectivity index (χ4n) is 4.48. The maximum absolute atomic E-state index is 13.1. The fourth-order valence-corrected chi connectivity index (χ4v) is 4.48. The van der Waals surface area contributed by atoms with E-state index in [1.165, 1.54) is 11.0 Å². The summed E-state index contributed by atoms with van der Waals surface area (Å²) < 4.78 is 11.3. The summed E-state index contributed by atoms with van der Waals surface area (Å²) >= 11 is 0. The van der Waals surface area contributed by atoms with Gasteiger partial charge in [0.05, 0.1) is 11.3 Å². The molecule has 36 heavy (non-hydrogen) atoms. The van der Waals surface area contributed by atoms with Crippen molar-refractivity contribution in [2.45, 2.75) is 39.2 Å². The van der Waals surface area contributed by atoms with E-state index in [1.54, 1.807) is 40.8 Å². The summed E-state index contributed by atoms with van der Waals surface area (Å²) in [4.78, 5) is 30.1. The summed E-state index contributed by atoms with van der Waals surface area (Å²) in [5, 5.41) is 3.64. The van der Waals surface area contributed by atoms with Crippen LogP contribution in [0.3, 0.4) is 0 Å². The Morgan fingerprint density at radius 3 is 2.17 bits per heavy atom. The van der Waals surface area contributed by atoms with Gasteiger partial charge in [-0.3, -0.25) is 4.90 Å². The van der Waals surface area contributed by atoms with E-state index >= 15 is 0 Å². The third-order valence-electron chi connectivity index (χ3n) is 6.12. The standard InChI is InChI=1S/C28H28N4O4/c1-17-23(26(33)36-28(2,3)4)14-18(30-31-29)15-25(17)32(5)27(34)35-16-24-21-12-8-6-10-19(21)20-11-7-9-13-22(20)24/h6-15,24H,16H2,1-5H3. The zero-order valence-corrected chi connectivity index (χ0v) is 21.0. The number of fused-ring (bicyclic) bond motifs is 3. The number of nitrogens with zero attached hydrogens (tertiary/aromatic N) is 4. The second-order valence-electron chi connectivity index (χ2n) is 9.69. The van der Waals surface area contributed by atoms with Crippen molar-refractivity contribution in [1.29, 1.82) is 0 Å². The molecule has 3 aromatic rings. The van der Waals surface area contributed by atoms with E-state index in [2.05, 4.69) is 34.3 Å². The van der Waals surface area contributed by atoms with Gasteiger partial charge in [-0.15, -0.1) is 0 Å². The molecular weight excluding hydrogens is 456 g/mol. The number of hydrogen-bond acceptors (Lipinski definition) is 5. The van der Waals surface area contributed by atoms with Crippen molar-refractivity contribution in [1.82, 2.24) is 0 Å². The molecule has 0 aliphatic heterocycles. The minimum atomic E-state index is -0.711. The van der Waals surface area contributed by atoms with Gasteiger partial charge in [0, 0.05) is 23.6 Å². The first-order valence-electron chi connectivity index (χ1n) is 11.6. The number of azide groups is 1. The van der Waals surface area contributed by atoms with Crippen molar-refractivity contribution in [3.05, 3.63) is 93.4 Å². The van der Waals surface area contributed by atoms with Crippen LogP contribution in [0.2, 0.25) is 0 Å². The lowest BCUT2D eigenvalue weighted by Gasteiger charge is -2.24. The monoisotopic (exact) mass is 484 g/mol. The number of carbonyl (C=O) groups excluding carboxylic acids is 2. The van der Waals surface area contributed by atoms with E-state index in [-0.39, 0.29) is 23.8 Å². The zero-order valence-electron chi connectivity index (χ0n) is 21.0. The van der Waals surface area contributed by atoms with Crippen LogP contribution in [0.25, 0.3) is 21.6 Å². The Bertz CT molecular complexity index is 1340. The van der Waals surface area contributed by atoms with Gasteiger partial charge in [0.2, 0.25) is 0 Å². The first-order valence-corrected chi connectivity index (χ1v) is 11.6. The Morgan fingerprint density at radius 1 is 1.03 bits per heavy atom. The van der Waals surface area contributed by atoms with Crippen LogP contribution in [0.1, 0.15) is 53.7 Å². The van der Waals surface area contributed by atoms with E-state index in [4.69, 9.17) is 15.0 Å². The van der Waals surface area contributed by atoms with E-state index in [0.29, 0.717) is 11.3 Å². The van der Waals surface area contributed by atoms with E-state index < -0.39 is 17.7 Å². The minimum Gasteiger partial charge on any atom is -0.456 e. The number of amides is 1. The van der Waals surface area contributed by atoms with Crippen LogP contribution in [0, 0.1) is 6.92 Å². The smallest absolute Gasteiger partial charge is 0.414 e. The zero-order chi connectivity index (χ0) is 26.0. The molecule has 0 spiro atoms. The first kappa shape index (κ1) is 24.8. The molecule has 184 valence electrons. The maximum atomic E-state index is 13.1. The molecule has 0 radical (unpaired) electrons. The highest BCUT2D eigenvalue weighted by Crippen LogP contribution is 2.44. The lowest BCUT2D eigenvalue weighted by molar-refractivity contribution is 0.00686. The molecule has 0 atom stereocenters. The molecule has 4 rings (SSSR count). The molecule has 0 fully saturated rings. The van der Waals surface area contributed by atoms with Crippen LogP contribution in [0.15, 0.2) is 65.8 Å². The van der Waals surface area contributed by atoms with E-state index in [0.717, 1.165) is 22.3 Å². The molecule has 8 nitrogen and oxygen atoms in total. The van der Waals surface area contributed by atoms with Gasteiger partial charge in [0.15, 0.2) is 0 Å². The molecule has 0 N–H and O–H groups in total. The highest BCUT2D eigenvalue weighted by Gasteiger charge is 2.30. The average molecular weight is 485 g/mol. The van der Waals surface area contributed by atoms with Gasteiger partial charge in [-0.2, -0.15) is 0 Å².